The van der Waals surface area contributed by atoms with Gasteiger partial charge in [-0.3, -0.25) is 9.48 Å². The Morgan fingerprint density at radius 3 is 2.52 bits per heavy atom. The van der Waals surface area contributed by atoms with Crippen molar-refractivity contribution in [2.24, 2.45) is 12.8 Å². The van der Waals surface area contributed by atoms with Crippen molar-refractivity contribution >= 4 is 29.0 Å². The molecular formula is C19H23F3N8O3. The van der Waals surface area contributed by atoms with Crippen molar-refractivity contribution in [3.63, 3.8) is 0 Å². The zero-order valence-electron chi connectivity index (χ0n) is 17.6. The lowest BCUT2D eigenvalue weighted by atomic mass is 9.91. The first-order chi connectivity index (χ1) is 15.5. The highest BCUT2D eigenvalue weighted by atomic mass is 19.4. The molecule has 2 atom stereocenters. The van der Waals surface area contributed by atoms with Gasteiger partial charge in [-0.15, -0.1) is 5.10 Å². The molecule has 178 valence electrons. The number of anilines is 2. The Morgan fingerprint density at radius 2 is 1.91 bits per heavy atom. The number of rotatable bonds is 4. The fourth-order valence-electron chi connectivity index (χ4n) is 3.33. The lowest BCUT2D eigenvalue weighted by Crippen LogP contribution is -2.43. The number of aromatic nitrogens is 5. The average Bonchev–Trinajstić information content (AvgIpc) is 3.35. The minimum atomic E-state index is -5.08. The summed E-state index contributed by atoms with van der Waals surface area (Å²) < 4.78 is 35.0. The third kappa shape index (κ3) is 6.19. The van der Waals surface area contributed by atoms with Crippen LogP contribution in [0.2, 0.25) is 0 Å². The maximum absolute atomic E-state index is 12.6. The van der Waals surface area contributed by atoms with Crippen LogP contribution >= 0.6 is 0 Å². The summed E-state index contributed by atoms with van der Waals surface area (Å²) in [4.78, 5) is 25.8. The van der Waals surface area contributed by atoms with E-state index >= 15 is 0 Å². The molecule has 1 aliphatic carbocycles. The number of fused-ring (bicyclic) bond motifs is 1. The van der Waals surface area contributed by atoms with Crippen LogP contribution in [0.15, 0.2) is 30.7 Å². The summed E-state index contributed by atoms with van der Waals surface area (Å²) in [6.45, 7) is 0. The highest BCUT2D eigenvalue weighted by Gasteiger charge is 2.38. The normalized spacial score (nSPS) is 18.3. The fourth-order valence-corrected chi connectivity index (χ4v) is 3.33. The van der Waals surface area contributed by atoms with Crippen LogP contribution < -0.4 is 16.4 Å². The molecular weight excluding hydrogens is 445 g/mol. The van der Waals surface area contributed by atoms with Gasteiger partial charge >= 0.3 is 12.1 Å². The van der Waals surface area contributed by atoms with Crippen LogP contribution in [0.4, 0.5) is 24.8 Å². The van der Waals surface area contributed by atoms with Gasteiger partial charge in [0.15, 0.2) is 0 Å². The lowest BCUT2D eigenvalue weighted by molar-refractivity contribution is -0.192. The second kappa shape index (κ2) is 9.85. The first kappa shape index (κ1) is 24.0. The Balaban J connectivity index is 0.000000383. The number of aliphatic carboxylic acids is 1. The molecule has 1 saturated carbocycles. The average molecular weight is 468 g/mol. The molecule has 3 aromatic rings. The maximum Gasteiger partial charge on any atom is 0.490 e. The van der Waals surface area contributed by atoms with Gasteiger partial charge in [0.2, 0.25) is 5.95 Å². The molecule has 3 aromatic heterocycles. The smallest absolute Gasteiger partial charge is 0.475 e. The standard InChI is InChI=1S/C17H22N8O.C2HF3O2/c1-24-10-11(8-20-24)21-16(26)15-7-6-12-9-19-17(23-25(12)15)22-14-5-3-2-4-13(14)18;3-2(4,5)1(6)7/h6-10,13-14H,2-5,18H2,1H3,(H,21,26)(H,22,23);(H,6,7)/t13-,14+;/m0./s1. The number of nitrogens with two attached hydrogens (primary N) is 1. The summed E-state index contributed by atoms with van der Waals surface area (Å²) in [6.07, 6.45) is 4.26. The highest BCUT2D eigenvalue weighted by Crippen LogP contribution is 2.20. The van der Waals surface area contributed by atoms with E-state index in [1.807, 2.05) is 6.07 Å². The van der Waals surface area contributed by atoms with Crippen molar-refractivity contribution < 1.29 is 27.9 Å². The van der Waals surface area contributed by atoms with Crippen LogP contribution in [0.1, 0.15) is 36.2 Å². The molecule has 0 unspecified atom stereocenters. The molecule has 14 heteroatoms. The number of carbonyl (C=O) groups is 2. The summed E-state index contributed by atoms with van der Waals surface area (Å²) in [5.74, 6) is -2.53. The number of alkyl halides is 3. The topological polar surface area (TPSA) is 152 Å². The molecule has 0 spiro atoms. The molecule has 0 radical (unpaired) electrons. The van der Waals surface area contributed by atoms with Gasteiger partial charge in [-0.25, -0.2) is 14.3 Å². The van der Waals surface area contributed by atoms with Crippen LogP contribution in [0.5, 0.6) is 0 Å². The van der Waals surface area contributed by atoms with Crippen molar-refractivity contribution in [1.29, 1.82) is 0 Å². The van der Waals surface area contributed by atoms with Gasteiger partial charge in [0.1, 0.15) is 5.69 Å². The predicted molar refractivity (Wildman–Crippen MR) is 112 cm³/mol. The molecule has 5 N–H and O–H groups in total. The number of aryl methyl sites for hydroxylation is 1. The zero-order chi connectivity index (χ0) is 24.2. The molecule has 1 fully saturated rings. The molecule has 3 heterocycles. The molecule has 0 aliphatic heterocycles. The molecule has 1 amide bonds. The molecule has 1 aliphatic rings. The summed E-state index contributed by atoms with van der Waals surface area (Å²) in [5, 5.41) is 21.8. The molecule has 33 heavy (non-hydrogen) atoms. The van der Waals surface area contributed by atoms with E-state index in [1.165, 1.54) is 0 Å². The van der Waals surface area contributed by atoms with Crippen LogP contribution in [0.25, 0.3) is 5.52 Å². The van der Waals surface area contributed by atoms with Crippen LogP contribution in [0, 0.1) is 0 Å². The van der Waals surface area contributed by atoms with Crippen molar-refractivity contribution in [1.82, 2.24) is 24.4 Å². The summed E-state index contributed by atoms with van der Waals surface area (Å²) in [7, 11) is 1.80. The summed E-state index contributed by atoms with van der Waals surface area (Å²) >= 11 is 0. The summed E-state index contributed by atoms with van der Waals surface area (Å²) in [6, 6.07) is 3.80. The van der Waals surface area contributed by atoms with E-state index in [2.05, 4.69) is 25.8 Å². The number of hydrogen-bond donors (Lipinski definition) is 4. The Bertz CT molecular complexity index is 1130. The predicted octanol–water partition coefficient (Wildman–Crippen LogP) is 2.03. The fraction of sp³-hybridized carbons (Fsp3) is 0.421. The molecule has 0 aromatic carbocycles. The van der Waals surface area contributed by atoms with Crippen molar-refractivity contribution in [3.05, 3.63) is 36.4 Å². The number of carboxylic acid groups (broad SMARTS) is 1. The molecule has 4 rings (SSSR count). The van der Waals surface area contributed by atoms with Crippen LogP contribution in [0.3, 0.4) is 0 Å². The Hall–Kier alpha value is -3.68. The highest BCUT2D eigenvalue weighted by molar-refractivity contribution is 6.03. The number of carbonyl (C=O) groups excluding carboxylic acids is 1. The van der Waals surface area contributed by atoms with Crippen molar-refractivity contribution in [2.75, 3.05) is 10.6 Å². The largest absolute Gasteiger partial charge is 0.490 e. The number of nitrogens with one attached hydrogen (secondary N) is 2. The van der Waals surface area contributed by atoms with Gasteiger partial charge in [-0.05, 0) is 25.0 Å². The Kier molecular flexibility index (Phi) is 7.16. The van der Waals surface area contributed by atoms with E-state index in [-0.39, 0.29) is 18.0 Å². The number of carboxylic acids is 1. The van der Waals surface area contributed by atoms with Crippen molar-refractivity contribution in [2.45, 2.75) is 43.9 Å². The van der Waals surface area contributed by atoms with Crippen LogP contribution in [-0.4, -0.2) is 59.6 Å². The molecule has 0 saturated heterocycles. The number of halogens is 3. The van der Waals surface area contributed by atoms with E-state index < -0.39 is 12.1 Å². The second-order valence-corrected chi connectivity index (χ2v) is 7.50. The maximum atomic E-state index is 12.6. The van der Waals surface area contributed by atoms with E-state index in [0.29, 0.717) is 17.3 Å². The van der Waals surface area contributed by atoms with E-state index in [9.17, 15) is 18.0 Å². The van der Waals surface area contributed by atoms with Crippen molar-refractivity contribution in [3.8, 4) is 0 Å². The molecule has 0 bridgehead atoms. The third-order valence-electron chi connectivity index (χ3n) is 4.97. The zero-order valence-corrected chi connectivity index (χ0v) is 17.6. The Morgan fingerprint density at radius 1 is 1.21 bits per heavy atom. The van der Waals surface area contributed by atoms with Gasteiger partial charge in [0.05, 0.1) is 23.6 Å². The third-order valence-corrected chi connectivity index (χ3v) is 4.97. The van der Waals surface area contributed by atoms with Gasteiger partial charge in [0, 0.05) is 25.3 Å². The first-order valence-electron chi connectivity index (χ1n) is 10.0. The van der Waals surface area contributed by atoms with Gasteiger partial charge in [-0.2, -0.15) is 18.3 Å². The number of hydrogen-bond acceptors (Lipinski definition) is 7. The monoisotopic (exact) mass is 468 g/mol. The minimum absolute atomic E-state index is 0.0982. The van der Waals surface area contributed by atoms with E-state index in [0.717, 1.165) is 31.2 Å². The van der Waals surface area contributed by atoms with E-state index in [1.54, 1.807) is 40.9 Å². The minimum Gasteiger partial charge on any atom is -0.475 e. The lowest BCUT2D eigenvalue weighted by Gasteiger charge is -2.29. The summed E-state index contributed by atoms with van der Waals surface area (Å²) in [5.41, 5.74) is 8.00. The first-order valence-corrected chi connectivity index (χ1v) is 10.0. The quantitative estimate of drug-likeness (QED) is 0.454. The van der Waals surface area contributed by atoms with Gasteiger partial charge in [-0.1, -0.05) is 12.8 Å². The Labute approximate surface area is 185 Å². The SMILES string of the molecule is Cn1cc(NC(=O)c2ccc3cnc(N[C@@H]4CCCC[C@@H]4N)nn23)cn1.O=C(O)C(F)(F)F. The van der Waals surface area contributed by atoms with E-state index in [4.69, 9.17) is 15.6 Å². The number of amides is 1. The van der Waals surface area contributed by atoms with Gasteiger partial charge < -0.3 is 21.5 Å². The van der Waals surface area contributed by atoms with Crippen LogP contribution in [-0.2, 0) is 11.8 Å². The number of nitrogens with zero attached hydrogens (tertiary/aromatic N) is 5. The molecule has 11 nitrogen and oxygen atoms in total. The van der Waals surface area contributed by atoms with Gasteiger partial charge in [0.25, 0.3) is 5.91 Å². The second-order valence-electron chi connectivity index (χ2n) is 7.50.